The molecule has 3 rings (SSSR count). The summed E-state index contributed by atoms with van der Waals surface area (Å²) >= 11 is 0. The van der Waals surface area contributed by atoms with Crippen LogP contribution < -0.4 is 15.3 Å². The van der Waals surface area contributed by atoms with E-state index in [9.17, 15) is 9.90 Å². The fourth-order valence-electron chi connectivity index (χ4n) is 2.06. The highest BCUT2D eigenvalue weighted by Gasteiger charge is 2.18. The van der Waals surface area contributed by atoms with Crippen LogP contribution in [0.2, 0.25) is 0 Å². The maximum absolute atomic E-state index is 12.0. The number of benzene rings is 2. The lowest BCUT2D eigenvalue weighted by Gasteiger charge is -2.09. The Morgan fingerprint density at radius 3 is 2.68 bits per heavy atom. The van der Waals surface area contributed by atoms with Gasteiger partial charge in [-0.2, -0.15) is 0 Å². The van der Waals surface area contributed by atoms with Crippen molar-refractivity contribution in [2.24, 2.45) is 0 Å². The van der Waals surface area contributed by atoms with Gasteiger partial charge >= 0.3 is 5.69 Å². The molecule has 0 aliphatic heterocycles. The van der Waals surface area contributed by atoms with Crippen LogP contribution in [0.3, 0.4) is 0 Å². The van der Waals surface area contributed by atoms with Crippen molar-refractivity contribution in [1.82, 2.24) is 0 Å². The molecule has 0 bridgehead atoms. The van der Waals surface area contributed by atoms with E-state index in [4.69, 9.17) is 14.5 Å². The molecule has 0 N–H and O–H groups in total. The molecule has 6 nitrogen and oxygen atoms in total. The lowest BCUT2D eigenvalue weighted by atomic mass is 10.2. The third-order valence-electron chi connectivity index (χ3n) is 3.16. The molecule has 0 amide bonds. The van der Waals surface area contributed by atoms with E-state index in [0.29, 0.717) is 12.4 Å². The van der Waals surface area contributed by atoms with Crippen LogP contribution in [-0.2, 0) is 6.61 Å². The molecular formula is C16H10N2O4. The van der Waals surface area contributed by atoms with Gasteiger partial charge in [0.25, 0.3) is 5.43 Å². The molecule has 22 heavy (non-hydrogen) atoms. The maximum Gasteiger partial charge on any atom is 0.454 e. The second-order valence-corrected chi connectivity index (χ2v) is 4.60. The highest BCUT2D eigenvalue weighted by atomic mass is 16.5. The largest absolute Gasteiger partial charge is 0.573 e. The first kappa shape index (κ1) is 13.6. The van der Waals surface area contributed by atoms with Gasteiger partial charge in [-0.1, -0.05) is 30.3 Å². The summed E-state index contributed by atoms with van der Waals surface area (Å²) in [5, 5.41) is 20.3. The van der Waals surface area contributed by atoms with E-state index in [-0.39, 0.29) is 11.0 Å². The van der Waals surface area contributed by atoms with E-state index < -0.39 is 17.1 Å². The Labute approximate surface area is 124 Å². The molecule has 0 radical (unpaired) electrons. The summed E-state index contributed by atoms with van der Waals surface area (Å²) in [6.07, 6.45) is 0. The Morgan fingerprint density at radius 1 is 1.18 bits per heavy atom. The van der Waals surface area contributed by atoms with Gasteiger partial charge in [0.1, 0.15) is 12.4 Å². The molecular weight excluding hydrogens is 284 g/mol. The summed E-state index contributed by atoms with van der Waals surface area (Å²) in [6.45, 7) is 0.342. The van der Waals surface area contributed by atoms with Crippen LogP contribution in [-0.4, -0.2) is 0 Å². The van der Waals surface area contributed by atoms with E-state index in [1.54, 1.807) is 6.07 Å². The Kier molecular flexibility index (Phi) is 3.46. The smallest absolute Gasteiger partial charge is 0.454 e. The normalized spacial score (nSPS) is 10.3. The van der Waals surface area contributed by atoms with Crippen LogP contribution in [0.5, 0.6) is 11.7 Å². The number of nitrogens with zero attached hydrogens (tertiary/aromatic N) is 2. The van der Waals surface area contributed by atoms with Gasteiger partial charge in [0, 0.05) is 11.0 Å². The molecule has 0 unspecified atom stereocenters. The molecule has 1 aromatic heterocycles. The number of rotatable bonds is 3. The SMILES string of the molecule is N#[N+]c1c([O-])oc2ccc(OCc3ccccc3)cc2c1=O. The molecule has 0 aliphatic rings. The third-order valence-corrected chi connectivity index (χ3v) is 3.16. The van der Waals surface area contributed by atoms with Crippen molar-refractivity contribution in [3.8, 4) is 11.7 Å². The molecule has 0 spiro atoms. The predicted molar refractivity (Wildman–Crippen MR) is 77.4 cm³/mol. The van der Waals surface area contributed by atoms with Gasteiger partial charge in [-0.3, -0.25) is 4.79 Å². The summed E-state index contributed by atoms with van der Waals surface area (Å²) in [4.78, 5) is 14.7. The van der Waals surface area contributed by atoms with Crippen LogP contribution in [0.15, 0.2) is 57.7 Å². The van der Waals surface area contributed by atoms with Crippen LogP contribution in [0.25, 0.3) is 15.9 Å². The second kappa shape index (κ2) is 5.58. The van der Waals surface area contributed by atoms with Crippen LogP contribution in [0.1, 0.15) is 5.56 Å². The van der Waals surface area contributed by atoms with Gasteiger partial charge in [-0.15, -0.1) is 0 Å². The lowest BCUT2D eigenvalue weighted by molar-refractivity contribution is -0.292. The topological polar surface area (TPSA) is 90.7 Å². The molecule has 3 aromatic rings. The summed E-state index contributed by atoms with van der Waals surface area (Å²) in [5.74, 6) is -0.524. The zero-order chi connectivity index (χ0) is 15.5. The zero-order valence-electron chi connectivity index (χ0n) is 11.4. The standard InChI is InChI=1S/C16H10N2O4/c17-18-14-15(19)12-8-11(6-7-13(12)22-16(14)20)21-9-10-4-2-1-3-5-10/h1-8H,9H2. The second-order valence-electron chi connectivity index (χ2n) is 4.60. The van der Waals surface area contributed by atoms with E-state index in [0.717, 1.165) is 5.56 Å². The molecule has 0 aliphatic carbocycles. The van der Waals surface area contributed by atoms with Crippen molar-refractivity contribution in [1.29, 1.82) is 5.39 Å². The highest BCUT2D eigenvalue weighted by molar-refractivity contribution is 5.82. The lowest BCUT2D eigenvalue weighted by Crippen LogP contribution is -2.05. The first-order valence-corrected chi connectivity index (χ1v) is 6.49. The first-order chi connectivity index (χ1) is 10.7. The van der Waals surface area contributed by atoms with E-state index >= 15 is 0 Å². The third kappa shape index (κ3) is 2.47. The maximum atomic E-state index is 12.0. The predicted octanol–water partition coefficient (Wildman–Crippen LogP) is 2.93. The Bertz CT molecular complexity index is 927. The molecule has 6 heteroatoms. The van der Waals surface area contributed by atoms with Crippen molar-refractivity contribution >= 4 is 16.7 Å². The van der Waals surface area contributed by atoms with Crippen molar-refractivity contribution < 1.29 is 14.3 Å². The fraction of sp³-hybridized carbons (Fsp3) is 0.0625. The van der Waals surface area contributed by atoms with Crippen LogP contribution in [0.4, 0.5) is 5.69 Å². The van der Waals surface area contributed by atoms with Crippen molar-refractivity contribution in [3.05, 3.63) is 69.3 Å². The molecule has 0 fully saturated rings. The summed E-state index contributed by atoms with van der Waals surface area (Å²) in [7, 11) is 0. The number of fused-ring (bicyclic) bond motifs is 1. The van der Waals surface area contributed by atoms with Crippen molar-refractivity contribution in [2.75, 3.05) is 0 Å². The molecule has 0 saturated carbocycles. The first-order valence-electron chi connectivity index (χ1n) is 6.49. The minimum Gasteiger partial charge on any atom is -0.573 e. The van der Waals surface area contributed by atoms with E-state index in [1.807, 2.05) is 30.3 Å². The highest BCUT2D eigenvalue weighted by Crippen LogP contribution is 2.27. The number of hydrogen-bond acceptors (Lipinski definition) is 5. The number of hydrogen-bond donors (Lipinski definition) is 0. The number of ether oxygens (including phenoxy) is 1. The molecule has 0 saturated heterocycles. The van der Waals surface area contributed by atoms with E-state index in [1.165, 1.54) is 12.1 Å². The van der Waals surface area contributed by atoms with Gasteiger partial charge < -0.3 is 14.3 Å². The van der Waals surface area contributed by atoms with Crippen LogP contribution in [0, 0.1) is 5.39 Å². The van der Waals surface area contributed by atoms with Crippen molar-refractivity contribution in [3.63, 3.8) is 0 Å². The number of diazo groups is 1. The van der Waals surface area contributed by atoms with Gasteiger partial charge in [0.15, 0.2) is 10.9 Å². The average molecular weight is 294 g/mol. The molecule has 1 heterocycles. The molecule has 108 valence electrons. The fourth-order valence-corrected chi connectivity index (χ4v) is 2.06. The summed E-state index contributed by atoms with van der Waals surface area (Å²) in [5.41, 5.74) is -0.239. The summed E-state index contributed by atoms with van der Waals surface area (Å²) in [6, 6.07) is 14.1. The Hall–Kier alpha value is -3.33. The van der Waals surface area contributed by atoms with E-state index in [2.05, 4.69) is 4.98 Å². The van der Waals surface area contributed by atoms with Gasteiger partial charge in [0.05, 0.1) is 0 Å². The van der Waals surface area contributed by atoms with Gasteiger partial charge in [-0.25, -0.2) is 0 Å². The molecule has 0 atom stereocenters. The Balaban J connectivity index is 1.96. The quantitative estimate of drug-likeness (QED) is 0.693. The minimum absolute atomic E-state index is 0.120. The van der Waals surface area contributed by atoms with Gasteiger partial charge in [-0.05, 0) is 23.8 Å². The monoisotopic (exact) mass is 294 g/mol. The van der Waals surface area contributed by atoms with Crippen molar-refractivity contribution in [2.45, 2.75) is 6.61 Å². The van der Waals surface area contributed by atoms with Crippen LogP contribution >= 0.6 is 0 Å². The van der Waals surface area contributed by atoms with Gasteiger partial charge in [0.2, 0.25) is 5.39 Å². The zero-order valence-corrected chi connectivity index (χ0v) is 11.4. The molecule has 2 aromatic carbocycles. The summed E-state index contributed by atoms with van der Waals surface area (Å²) < 4.78 is 10.5. The Morgan fingerprint density at radius 2 is 1.95 bits per heavy atom. The minimum atomic E-state index is -0.974. The average Bonchev–Trinajstić information content (AvgIpc) is 2.54.